The number of thiophene rings is 1. The average molecular weight is 300 g/mol. The van der Waals surface area contributed by atoms with Crippen molar-refractivity contribution in [3.05, 3.63) is 39.5 Å². The monoisotopic (exact) mass is 299 g/mol. The Hall–Kier alpha value is -0.650. The van der Waals surface area contributed by atoms with Gasteiger partial charge in [0.15, 0.2) is 0 Å². The number of hydrogen-bond acceptors (Lipinski definition) is 3. The Morgan fingerprint density at radius 2 is 2.44 bits per heavy atom. The van der Waals surface area contributed by atoms with Crippen molar-refractivity contribution in [2.24, 2.45) is 0 Å². The van der Waals surface area contributed by atoms with Crippen molar-refractivity contribution in [3.63, 3.8) is 0 Å². The molecule has 0 aliphatic rings. The molecule has 0 aliphatic carbocycles. The molecule has 3 nitrogen and oxygen atoms in total. The van der Waals surface area contributed by atoms with Crippen molar-refractivity contribution in [3.8, 4) is 0 Å². The van der Waals surface area contributed by atoms with Gasteiger partial charge in [0.25, 0.3) is 0 Å². The largest absolute Gasteiger partial charge is 0.337 e. The van der Waals surface area contributed by atoms with Crippen LogP contribution in [0.4, 0.5) is 0 Å². The van der Waals surface area contributed by atoms with E-state index < -0.39 is 0 Å². The van der Waals surface area contributed by atoms with Crippen LogP contribution >= 0.6 is 27.3 Å². The molecule has 0 saturated heterocycles. The average Bonchev–Trinajstić information content (AvgIpc) is 2.90. The molecule has 0 spiro atoms. The van der Waals surface area contributed by atoms with E-state index in [4.69, 9.17) is 0 Å². The Balaban J connectivity index is 1.61. The van der Waals surface area contributed by atoms with Gasteiger partial charge in [-0.05, 0) is 40.3 Å². The predicted molar refractivity (Wildman–Crippen MR) is 70.6 cm³/mol. The van der Waals surface area contributed by atoms with E-state index in [2.05, 4.69) is 42.2 Å². The Kier molecular flexibility index (Phi) is 4.56. The quantitative estimate of drug-likeness (QED) is 0.831. The maximum atomic E-state index is 4.01. The zero-order chi connectivity index (χ0) is 11.2. The van der Waals surface area contributed by atoms with Crippen LogP contribution in [0.5, 0.6) is 0 Å². The molecule has 0 bridgehead atoms. The minimum atomic E-state index is 0.947. The maximum Gasteiger partial charge on any atom is 0.0945 e. The van der Waals surface area contributed by atoms with E-state index in [1.165, 1.54) is 9.35 Å². The summed E-state index contributed by atoms with van der Waals surface area (Å²) in [7, 11) is 0. The third-order valence-corrected chi connectivity index (χ3v) is 4.23. The number of aromatic nitrogens is 2. The van der Waals surface area contributed by atoms with Gasteiger partial charge in [0.1, 0.15) is 0 Å². The van der Waals surface area contributed by atoms with E-state index in [9.17, 15) is 0 Å². The van der Waals surface area contributed by atoms with Crippen LogP contribution in [0.15, 0.2) is 34.6 Å². The van der Waals surface area contributed by atoms with Gasteiger partial charge in [-0.25, -0.2) is 4.98 Å². The molecule has 0 aromatic carbocycles. The van der Waals surface area contributed by atoms with Crippen molar-refractivity contribution in [1.29, 1.82) is 0 Å². The van der Waals surface area contributed by atoms with Crippen molar-refractivity contribution in [1.82, 2.24) is 14.9 Å². The molecule has 0 aliphatic heterocycles. The van der Waals surface area contributed by atoms with Crippen LogP contribution in [0.1, 0.15) is 11.3 Å². The van der Waals surface area contributed by atoms with Gasteiger partial charge >= 0.3 is 0 Å². The highest BCUT2D eigenvalue weighted by Gasteiger charge is 1.99. The van der Waals surface area contributed by atoms with E-state index in [-0.39, 0.29) is 0 Å². The summed E-state index contributed by atoms with van der Waals surface area (Å²) in [6.45, 7) is 3.00. The van der Waals surface area contributed by atoms with E-state index in [1.807, 2.05) is 18.7 Å². The fourth-order valence-electron chi connectivity index (χ4n) is 1.46. The Morgan fingerprint density at radius 1 is 1.50 bits per heavy atom. The lowest BCUT2D eigenvalue weighted by Gasteiger charge is -2.04. The highest BCUT2D eigenvalue weighted by atomic mass is 79.9. The number of imidazole rings is 1. The summed E-state index contributed by atoms with van der Waals surface area (Å²) in [5, 5.41) is 5.54. The van der Waals surface area contributed by atoms with E-state index in [1.54, 1.807) is 11.3 Å². The third-order valence-electron chi connectivity index (χ3n) is 2.31. The second-order valence-corrected chi connectivity index (χ2v) is 5.38. The molecule has 5 heteroatoms. The first-order valence-electron chi connectivity index (χ1n) is 5.24. The SMILES string of the molecule is Brc1ccsc1CNCCCn1ccnc1. The molecule has 2 aromatic heterocycles. The van der Waals surface area contributed by atoms with Gasteiger partial charge in [0, 0.05) is 34.8 Å². The van der Waals surface area contributed by atoms with Crippen LogP contribution in [0.2, 0.25) is 0 Å². The van der Waals surface area contributed by atoms with E-state index in [0.717, 1.165) is 26.1 Å². The van der Waals surface area contributed by atoms with Gasteiger partial charge in [-0.3, -0.25) is 0 Å². The summed E-state index contributed by atoms with van der Waals surface area (Å²) in [4.78, 5) is 5.37. The molecule has 16 heavy (non-hydrogen) atoms. The van der Waals surface area contributed by atoms with Crippen LogP contribution in [-0.2, 0) is 13.1 Å². The molecule has 0 saturated carbocycles. The fraction of sp³-hybridized carbons (Fsp3) is 0.364. The number of aryl methyl sites for hydroxylation is 1. The fourth-order valence-corrected chi connectivity index (χ4v) is 2.92. The van der Waals surface area contributed by atoms with Crippen molar-refractivity contribution >= 4 is 27.3 Å². The van der Waals surface area contributed by atoms with Crippen LogP contribution in [0.3, 0.4) is 0 Å². The number of nitrogens with zero attached hydrogens (tertiary/aromatic N) is 2. The lowest BCUT2D eigenvalue weighted by Crippen LogP contribution is -2.15. The Labute approximate surface area is 108 Å². The van der Waals surface area contributed by atoms with Gasteiger partial charge in [-0.2, -0.15) is 0 Å². The van der Waals surface area contributed by atoms with Crippen molar-refractivity contribution < 1.29 is 0 Å². The number of hydrogen-bond donors (Lipinski definition) is 1. The van der Waals surface area contributed by atoms with Gasteiger partial charge in [0.05, 0.1) is 6.33 Å². The summed E-state index contributed by atoms with van der Waals surface area (Å²) in [5.41, 5.74) is 0. The minimum absolute atomic E-state index is 0.947. The standard InChI is InChI=1S/C11H14BrN3S/c12-10-2-7-16-11(10)8-13-3-1-5-15-6-4-14-9-15/h2,4,6-7,9,13H,1,3,5,8H2. The van der Waals surface area contributed by atoms with Crippen molar-refractivity contribution in [2.75, 3.05) is 6.54 Å². The maximum absolute atomic E-state index is 4.01. The smallest absolute Gasteiger partial charge is 0.0945 e. The molecule has 86 valence electrons. The van der Waals surface area contributed by atoms with Crippen LogP contribution in [0.25, 0.3) is 0 Å². The van der Waals surface area contributed by atoms with Crippen molar-refractivity contribution in [2.45, 2.75) is 19.5 Å². The zero-order valence-corrected chi connectivity index (χ0v) is 11.3. The van der Waals surface area contributed by atoms with Gasteiger partial charge in [-0.1, -0.05) is 0 Å². The molecular formula is C11H14BrN3S. The minimum Gasteiger partial charge on any atom is -0.337 e. The highest BCUT2D eigenvalue weighted by Crippen LogP contribution is 2.21. The number of rotatable bonds is 6. The Bertz CT molecular complexity index is 411. The third kappa shape index (κ3) is 3.43. The molecule has 2 aromatic rings. The first-order chi connectivity index (χ1) is 7.86. The second kappa shape index (κ2) is 6.18. The molecule has 2 heterocycles. The first-order valence-corrected chi connectivity index (χ1v) is 6.92. The summed E-state index contributed by atoms with van der Waals surface area (Å²) in [6.07, 6.45) is 6.79. The van der Waals surface area contributed by atoms with Crippen LogP contribution in [0, 0.1) is 0 Å². The summed E-state index contributed by atoms with van der Waals surface area (Å²) < 4.78 is 3.31. The zero-order valence-electron chi connectivity index (χ0n) is 8.90. The molecular weight excluding hydrogens is 286 g/mol. The lowest BCUT2D eigenvalue weighted by molar-refractivity contribution is 0.582. The topological polar surface area (TPSA) is 29.9 Å². The van der Waals surface area contributed by atoms with Gasteiger partial charge in [-0.15, -0.1) is 11.3 Å². The van der Waals surface area contributed by atoms with Crippen LogP contribution < -0.4 is 5.32 Å². The first kappa shape index (κ1) is 11.8. The van der Waals surface area contributed by atoms with Crippen LogP contribution in [-0.4, -0.2) is 16.1 Å². The molecule has 1 N–H and O–H groups in total. The molecule has 0 unspecified atom stereocenters. The van der Waals surface area contributed by atoms with Gasteiger partial charge in [0.2, 0.25) is 0 Å². The van der Waals surface area contributed by atoms with Gasteiger partial charge < -0.3 is 9.88 Å². The number of nitrogens with one attached hydrogen (secondary N) is 1. The Morgan fingerprint density at radius 3 is 3.12 bits per heavy atom. The molecule has 0 fully saturated rings. The number of halogens is 1. The molecule has 0 amide bonds. The summed E-state index contributed by atoms with van der Waals surface area (Å²) in [6, 6.07) is 2.09. The summed E-state index contributed by atoms with van der Waals surface area (Å²) in [5.74, 6) is 0. The molecule has 0 atom stereocenters. The highest BCUT2D eigenvalue weighted by molar-refractivity contribution is 9.10. The molecule has 2 rings (SSSR count). The molecule has 0 radical (unpaired) electrons. The normalized spacial score (nSPS) is 10.8. The van der Waals surface area contributed by atoms with E-state index in [0.29, 0.717) is 0 Å². The predicted octanol–water partition coefficient (Wildman–Crippen LogP) is 2.89. The van der Waals surface area contributed by atoms with E-state index >= 15 is 0 Å². The second-order valence-electron chi connectivity index (χ2n) is 3.52. The summed E-state index contributed by atoms with van der Waals surface area (Å²) >= 11 is 5.31. The lowest BCUT2D eigenvalue weighted by atomic mass is 10.4.